The van der Waals surface area contributed by atoms with E-state index in [9.17, 15) is 0 Å². The molecule has 1 unspecified atom stereocenters. The number of hydrogen-bond donors (Lipinski definition) is 0. The summed E-state index contributed by atoms with van der Waals surface area (Å²) in [6.45, 7) is 2.61. The molecule has 0 aromatic carbocycles. The molecule has 0 aromatic heterocycles. The normalized spacial score (nSPS) is 28.9. The van der Waals surface area contributed by atoms with Crippen molar-refractivity contribution in [3.8, 4) is 0 Å². The van der Waals surface area contributed by atoms with Crippen LogP contribution in [-0.4, -0.2) is 25.0 Å². The quantitative estimate of drug-likeness (QED) is 0.648. The second-order valence-corrected chi connectivity index (χ2v) is 4.77. The van der Waals surface area contributed by atoms with E-state index >= 15 is 0 Å². The Kier molecular flexibility index (Phi) is 3.41. The van der Waals surface area contributed by atoms with Gasteiger partial charge in [-0.2, -0.15) is 0 Å². The monoisotopic (exact) mass is 191 g/mol. The average Bonchev–Trinajstić information content (AvgIpc) is 2.19. The van der Waals surface area contributed by atoms with Crippen LogP contribution in [0.3, 0.4) is 0 Å². The van der Waals surface area contributed by atoms with Crippen LogP contribution in [0.2, 0.25) is 0 Å². The number of piperidine rings is 1. The van der Waals surface area contributed by atoms with E-state index in [0.717, 1.165) is 5.92 Å². The molecular formula is C13H21N. The molecule has 0 bridgehead atoms. The lowest BCUT2D eigenvalue weighted by Gasteiger charge is -2.30. The Balaban J connectivity index is 1.84. The standard InChI is InChI=1S/C13H21N/c1-14-9-5-8-13(11-14)10-12-6-3-2-4-7-12/h2-3,6,13H,4-5,7-11H2,1H3. The molecule has 1 aliphatic heterocycles. The third-order valence-electron chi connectivity index (χ3n) is 3.37. The molecule has 0 amide bonds. The molecule has 1 heterocycles. The minimum Gasteiger partial charge on any atom is -0.306 e. The van der Waals surface area contributed by atoms with Gasteiger partial charge in [-0.3, -0.25) is 0 Å². The molecule has 1 aliphatic carbocycles. The fraction of sp³-hybridized carbons (Fsp3) is 0.692. The molecule has 1 heteroatoms. The SMILES string of the molecule is CN1CCCC(CC2=CC=CCC2)C1. The topological polar surface area (TPSA) is 3.24 Å². The van der Waals surface area contributed by atoms with Gasteiger partial charge in [0.1, 0.15) is 0 Å². The lowest BCUT2D eigenvalue weighted by Crippen LogP contribution is -2.32. The Morgan fingerprint density at radius 1 is 1.50 bits per heavy atom. The average molecular weight is 191 g/mol. The zero-order valence-electron chi connectivity index (χ0n) is 9.21. The molecular weight excluding hydrogens is 170 g/mol. The van der Waals surface area contributed by atoms with Gasteiger partial charge in [-0.25, -0.2) is 0 Å². The fourth-order valence-corrected chi connectivity index (χ4v) is 2.63. The van der Waals surface area contributed by atoms with Crippen molar-refractivity contribution in [2.45, 2.75) is 32.1 Å². The maximum absolute atomic E-state index is 2.48. The summed E-state index contributed by atoms with van der Waals surface area (Å²) in [4.78, 5) is 2.48. The predicted octanol–water partition coefficient (Wildman–Crippen LogP) is 2.99. The summed E-state index contributed by atoms with van der Waals surface area (Å²) in [5, 5.41) is 0. The van der Waals surface area contributed by atoms with Gasteiger partial charge >= 0.3 is 0 Å². The molecule has 1 fully saturated rings. The number of likely N-dealkylation sites (tertiary alicyclic amines) is 1. The van der Waals surface area contributed by atoms with E-state index in [2.05, 4.69) is 30.2 Å². The van der Waals surface area contributed by atoms with Gasteiger partial charge in [-0.15, -0.1) is 0 Å². The van der Waals surface area contributed by atoms with Crippen LogP contribution < -0.4 is 0 Å². The Morgan fingerprint density at radius 3 is 3.14 bits per heavy atom. The summed E-state index contributed by atoms with van der Waals surface area (Å²) in [6, 6.07) is 0. The molecule has 1 saturated heterocycles. The largest absolute Gasteiger partial charge is 0.306 e. The summed E-state index contributed by atoms with van der Waals surface area (Å²) in [5.74, 6) is 0.923. The molecule has 2 rings (SSSR count). The van der Waals surface area contributed by atoms with Crippen molar-refractivity contribution in [3.05, 3.63) is 23.8 Å². The first-order valence-corrected chi connectivity index (χ1v) is 5.88. The highest BCUT2D eigenvalue weighted by Gasteiger charge is 2.18. The molecule has 0 N–H and O–H groups in total. The highest BCUT2D eigenvalue weighted by atomic mass is 15.1. The summed E-state index contributed by atoms with van der Waals surface area (Å²) in [5.41, 5.74) is 1.67. The van der Waals surface area contributed by atoms with Crippen LogP contribution in [0.1, 0.15) is 32.1 Å². The van der Waals surface area contributed by atoms with Gasteiger partial charge in [0.25, 0.3) is 0 Å². The Bertz CT molecular complexity index is 240. The number of allylic oxidation sites excluding steroid dienone is 4. The van der Waals surface area contributed by atoms with Gasteiger partial charge in [0.05, 0.1) is 0 Å². The van der Waals surface area contributed by atoms with Gasteiger partial charge in [0.2, 0.25) is 0 Å². The first kappa shape index (κ1) is 9.97. The van der Waals surface area contributed by atoms with Crippen LogP contribution in [-0.2, 0) is 0 Å². The second kappa shape index (κ2) is 4.79. The Labute approximate surface area is 87.5 Å². The van der Waals surface area contributed by atoms with Crippen molar-refractivity contribution in [1.82, 2.24) is 4.90 Å². The van der Waals surface area contributed by atoms with E-state index in [-0.39, 0.29) is 0 Å². The molecule has 78 valence electrons. The van der Waals surface area contributed by atoms with Crippen molar-refractivity contribution in [3.63, 3.8) is 0 Å². The summed E-state index contributed by atoms with van der Waals surface area (Å²) in [7, 11) is 2.25. The van der Waals surface area contributed by atoms with E-state index in [1.54, 1.807) is 5.57 Å². The zero-order valence-corrected chi connectivity index (χ0v) is 9.21. The predicted molar refractivity (Wildman–Crippen MR) is 61.3 cm³/mol. The van der Waals surface area contributed by atoms with Crippen molar-refractivity contribution in [2.24, 2.45) is 5.92 Å². The smallest absolute Gasteiger partial charge is 0.000968 e. The molecule has 0 aromatic rings. The number of rotatable bonds is 2. The minimum absolute atomic E-state index is 0.923. The summed E-state index contributed by atoms with van der Waals surface area (Å²) in [6.07, 6.45) is 13.6. The highest BCUT2D eigenvalue weighted by molar-refractivity contribution is 5.18. The van der Waals surface area contributed by atoms with Crippen LogP contribution in [0.25, 0.3) is 0 Å². The van der Waals surface area contributed by atoms with Gasteiger partial charge in [-0.05, 0) is 51.6 Å². The van der Waals surface area contributed by atoms with E-state index in [4.69, 9.17) is 0 Å². The maximum atomic E-state index is 2.48. The molecule has 1 nitrogen and oxygen atoms in total. The minimum atomic E-state index is 0.923. The van der Waals surface area contributed by atoms with Crippen molar-refractivity contribution >= 4 is 0 Å². The lowest BCUT2D eigenvalue weighted by atomic mass is 9.88. The van der Waals surface area contributed by atoms with Crippen molar-refractivity contribution in [1.29, 1.82) is 0 Å². The van der Waals surface area contributed by atoms with Gasteiger partial charge < -0.3 is 4.90 Å². The van der Waals surface area contributed by atoms with Gasteiger partial charge in [0.15, 0.2) is 0 Å². The number of hydrogen-bond acceptors (Lipinski definition) is 1. The van der Waals surface area contributed by atoms with Gasteiger partial charge in [0, 0.05) is 6.54 Å². The summed E-state index contributed by atoms with van der Waals surface area (Å²) >= 11 is 0. The van der Waals surface area contributed by atoms with Crippen LogP contribution in [0.5, 0.6) is 0 Å². The molecule has 2 aliphatic rings. The van der Waals surface area contributed by atoms with Gasteiger partial charge in [-0.1, -0.05) is 23.8 Å². The Hall–Kier alpha value is -0.560. The second-order valence-electron chi connectivity index (χ2n) is 4.77. The van der Waals surface area contributed by atoms with E-state index in [0.29, 0.717) is 0 Å². The number of nitrogens with zero attached hydrogens (tertiary/aromatic N) is 1. The van der Waals surface area contributed by atoms with Crippen LogP contribution in [0, 0.1) is 5.92 Å². The highest BCUT2D eigenvalue weighted by Crippen LogP contribution is 2.25. The third-order valence-corrected chi connectivity index (χ3v) is 3.37. The zero-order chi connectivity index (χ0) is 9.80. The van der Waals surface area contributed by atoms with Crippen molar-refractivity contribution < 1.29 is 0 Å². The Morgan fingerprint density at radius 2 is 2.43 bits per heavy atom. The molecule has 0 spiro atoms. The fourth-order valence-electron chi connectivity index (χ4n) is 2.63. The van der Waals surface area contributed by atoms with Crippen LogP contribution >= 0.6 is 0 Å². The lowest BCUT2D eigenvalue weighted by molar-refractivity contribution is 0.208. The first-order chi connectivity index (χ1) is 6.84. The van der Waals surface area contributed by atoms with E-state index in [1.807, 2.05) is 0 Å². The van der Waals surface area contributed by atoms with Crippen LogP contribution in [0.4, 0.5) is 0 Å². The molecule has 14 heavy (non-hydrogen) atoms. The van der Waals surface area contributed by atoms with E-state index < -0.39 is 0 Å². The van der Waals surface area contributed by atoms with Crippen LogP contribution in [0.15, 0.2) is 23.8 Å². The van der Waals surface area contributed by atoms with E-state index in [1.165, 1.54) is 45.2 Å². The molecule has 0 radical (unpaired) electrons. The maximum Gasteiger partial charge on any atom is 0.000968 e. The first-order valence-electron chi connectivity index (χ1n) is 5.88. The third kappa shape index (κ3) is 2.71. The molecule has 0 saturated carbocycles. The van der Waals surface area contributed by atoms with Crippen molar-refractivity contribution in [2.75, 3.05) is 20.1 Å². The summed E-state index contributed by atoms with van der Waals surface area (Å²) < 4.78 is 0. The molecule has 1 atom stereocenters.